The van der Waals surface area contributed by atoms with Crippen LogP contribution in [0.5, 0.6) is 0 Å². The maximum Gasteiger partial charge on any atom is 0.497 e. The summed E-state index contributed by atoms with van der Waals surface area (Å²) in [7, 11) is 5.09. The molecule has 8 nitrogen and oxygen atoms in total. The lowest BCUT2D eigenvalue weighted by Gasteiger charge is -2.33. The molecule has 1 aliphatic carbocycles. The van der Waals surface area contributed by atoms with Gasteiger partial charge in [0.2, 0.25) is 0 Å². The number of methoxy groups -OCH3 is 1. The maximum absolute atomic E-state index is 13.7. The number of carbonyl (C=O) groups is 1. The lowest BCUT2D eigenvalue weighted by molar-refractivity contribution is -0.259. The zero-order valence-corrected chi connectivity index (χ0v) is 21.2. The summed E-state index contributed by atoms with van der Waals surface area (Å²) >= 11 is 0. The zero-order valence-electron chi connectivity index (χ0n) is 21.2. The van der Waals surface area contributed by atoms with E-state index in [1.165, 1.54) is 19.2 Å². The molecule has 0 amide bonds. The summed E-state index contributed by atoms with van der Waals surface area (Å²) in [6.07, 6.45) is -1.92. The molecule has 1 spiro atoms. The molecule has 38 heavy (non-hydrogen) atoms. The second kappa shape index (κ2) is 9.73. The Bertz CT molecular complexity index is 1220. The van der Waals surface area contributed by atoms with Crippen molar-refractivity contribution in [1.29, 1.82) is 0 Å². The number of hydrogen-bond donors (Lipinski definition) is 1. The summed E-state index contributed by atoms with van der Waals surface area (Å²) in [6.45, 7) is 0.325. The van der Waals surface area contributed by atoms with Gasteiger partial charge in [0.1, 0.15) is 12.2 Å². The number of benzene rings is 2. The summed E-state index contributed by atoms with van der Waals surface area (Å²) in [5.74, 6) is -1.66. The van der Waals surface area contributed by atoms with Crippen LogP contribution in [0.25, 0.3) is 0 Å². The molecule has 0 bridgehead atoms. The van der Waals surface area contributed by atoms with Gasteiger partial charge >= 0.3 is 12.3 Å². The molecular formula is C26H29F4N5O3. The SMILES string of the molecule is COC(=O)C1CC[C@@]2(CC(c3cc(N4C=NNN4C(F)(F)F)ccc3N(C)C)CO2)[C@@H]1c1ccc(F)cc1. The summed E-state index contributed by atoms with van der Waals surface area (Å²) in [6, 6.07) is 11.2. The third-order valence-corrected chi connectivity index (χ3v) is 7.72. The molecule has 204 valence electrons. The predicted molar refractivity (Wildman–Crippen MR) is 133 cm³/mol. The van der Waals surface area contributed by atoms with Crippen molar-refractivity contribution in [2.75, 3.05) is 37.7 Å². The van der Waals surface area contributed by atoms with Crippen LogP contribution in [0, 0.1) is 11.7 Å². The molecule has 12 heteroatoms. The highest BCUT2D eigenvalue weighted by Crippen LogP contribution is 2.57. The third kappa shape index (κ3) is 4.55. The first kappa shape index (κ1) is 26.2. The number of carbonyl (C=O) groups excluding carboxylic acids is 1. The van der Waals surface area contributed by atoms with Crippen molar-refractivity contribution in [1.82, 2.24) is 10.7 Å². The van der Waals surface area contributed by atoms with Gasteiger partial charge in [-0.3, -0.25) is 4.79 Å². The van der Waals surface area contributed by atoms with Gasteiger partial charge in [-0.15, -0.1) is 0 Å². The monoisotopic (exact) mass is 535 g/mol. The summed E-state index contributed by atoms with van der Waals surface area (Å²) in [5.41, 5.74) is 4.01. The van der Waals surface area contributed by atoms with Crippen LogP contribution in [-0.4, -0.2) is 57.1 Å². The second-order valence-electron chi connectivity index (χ2n) is 10.1. The molecule has 1 N–H and O–H groups in total. The fraction of sp³-hybridized carbons (Fsp3) is 0.462. The first-order valence-electron chi connectivity index (χ1n) is 12.3. The summed E-state index contributed by atoms with van der Waals surface area (Å²) in [4.78, 5) is 14.6. The Hall–Kier alpha value is -3.38. The Morgan fingerprint density at radius 2 is 1.95 bits per heavy atom. The van der Waals surface area contributed by atoms with Crippen molar-refractivity contribution in [3.8, 4) is 0 Å². The smallest absolute Gasteiger partial charge is 0.469 e. The topological polar surface area (TPSA) is 69.6 Å². The van der Waals surface area contributed by atoms with Crippen LogP contribution in [0.3, 0.4) is 0 Å². The van der Waals surface area contributed by atoms with Gasteiger partial charge in [0, 0.05) is 31.6 Å². The molecule has 4 atom stereocenters. The number of ether oxygens (including phenoxy) is 2. The van der Waals surface area contributed by atoms with Gasteiger partial charge in [0.25, 0.3) is 0 Å². The summed E-state index contributed by atoms with van der Waals surface area (Å²) < 4.78 is 65.9. The molecule has 5 rings (SSSR count). The molecule has 2 heterocycles. The van der Waals surface area contributed by atoms with Crippen molar-refractivity contribution in [2.45, 2.75) is 43.0 Å². The van der Waals surface area contributed by atoms with E-state index in [1.807, 2.05) is 24.5 Å². The lowest BCUT2D eigenvalue weighted by Crippen LogP contribution is -2.52. The number of hydrogen-bond acceptors (Lipinski definition) is 8. The van der Waals surface area contributed by atoms with E-state index in [9.17, 15) is 22.4 Å². The average molecular weight is 536 g/mol. The van der Waals surface area contributed by atoms with E-state index in [4.69, 9.17) is 9.47 Å². The third-order valence-electron chi connectivity index (χ3n) is 7.72. The molecule has 1 saturated carbocycles. The number of nitrogens with one attached hydrogen (secondary N) is 1. The standard InChI is InChI=1S/C26H29F4N5O3/c1-33(2)22-9-8-19(34-15-31-32-35(34)26(28,29)30)12-21(22)17-13-25(38-14-17)11-10-20(24(36)37-3)23(25)16-4-6-18(27)7-5-16/h4-9,12,15,17,20,23,32H,10-11,13-14H2,1-3H3/t17?,20?,23-,25-/m1/s1. The average Bonchev–Trinajstić information content (AvgIpc) is 3.63. The van der Waals surface area contributed by atoms with Gasteiger partial charge in [-0.05, 0) is 65.8 Å². The first-order valence-corrected chi connectivity index (χ1v) is 12.3. The molecule has 0 radical (unpaired) electrons. The van der Waals surface area contributed by atoms with Crippen LogP contribution in [0.1, 0.15) is 42.2 Å². The highest BCUT2D eigenvalue weighted by Gasteiger charge is 2.57. The van der Waals surface area contributed by atoms with Crippen molar-refractivity contribution in [3.05, 3.63) is 59.4 Å². The van der Waals surface area contributed by atoms with E-state index >= 15 is 0 Å². The quantitative estimate of drug-likeness (QED) is 0.343. The molecule has 3 aliphatic rings. The van der Waals surface area contributed by atoms with Gasteiger partial charge in [0.05, 0.1) is 30.9 Å². The fourth-order valence-corrected chi connectivity index (χ4v) is 6.11. The number of alkyl halides is 3. The molecule has 2 aliphatic heterocycles. The van der Waals surface area contributed by atoms with E-state index in [1.54, 1.807) is 30.3 Å². The molecule has 1 saturated heterocycles. The van der Waals surface area contributed by atoms with Gasteiger partial charge in [-0.2, -0.15) is 18.3 Å². The highest BCUT2D eigenvalue weighted by molar-refractivity contribution is 5.80. The molecule has 0 aromatic heterocycles. The van der Waals surface area contributed by atoms with Crippen LogP contribution in [-0.2, 0) is 14.3 Å². The van der Waals surface area contributed by atoms with Gasteiger partial charge in [-0.25, -0.2) is 14.9 Å². The predicted octanol–water partition coefficient (Wildman–Crippen LogP) is 4.51. The van der Waals surface area contributed by atoms with Crippen molar-refractivity contribution in [2.24, 2.45) is 11.0 Å². The highest BCUT2D eigenvalue weighted by atomic mass is 19.4. The largest absolute Gasteiger partial charge is 0.497 e. The normalized spacial score (nSPS) is 27.2. The number of hydrazone groups is 1. The second-order valence-corrected chi connectivity index (χ2v) is 10.1. The van der Waals surface area contributed by atoms with Crippen LogP contribution < -0.4 is 15.4 Å². The number of halogens is 4. The zero-order chi connectivity index (χ0) is 27.2. The molecule has 2 aromatic rings. The van der Waals surface area contributed by atoms with Crippen molar-refractivity contribution < 1.29 is 31.8 Å². The van der Waals surface area contributed by atoms with E-state index < -0.39 is 17.8 Å². The molecule has 2 aromatic carbocycles. The Kier molecular flexibility index (Phi) is 6.72. The maximum atomic E-state index is 13.7. The number of esters is 1. The first-order chi connectivity index (χ1) is 18.0. The molecular weight excluding hydrogens is 506 g/mol. The van der Waals surface area contributed by atoms with Crippen LogP contribution in [0.4, 0.5) is 28.9 Å². The Morgan fingerprint density at radius 1 is 1.21 bits per heavy atom. The number of nitrogens with zero attached hydrogens (tertiary/aromatic N) is 4. The molecule has 2 unspecified atom stereocenters. The number of anilines is 2. The lowest BCUT2D eigenvalue weighted by atomic mass is 9.76. The van der Waals surface area contributed by atoms with E-state index in [-0.39, 0.29) is 34.4 Å². The number of rotatable bonds is 5. The fourth-order valence-electron chi connectivity index (χ4n) is 6.11. The van der Waals surface area contributed by atoms with Gasteiger partial charge in [-0.1, -0.05) is 12.1 Å². The number of hydrazine groups is 2. The van der Waals surface area contributed by atoms with E-state index in [0.29, 0.717) is 25.9 Å². The minimum Gasteiger partial charge on any atom is -0.469 e. The van der Waals surface area contributed by atoms with E-state index in [0.717, 1.165) is 28.2 Å². The molecule has 2 fully saturated rings. The van der Waals surface area contributed by atoms with Gasteiger partial charge < -0.3 is 14.4 Å². The Balaban J connectivity index is 1.50. The van der Waals surface area contributed by atoms with Crippen molar-refractivity contribution in [3.63, 3.8) is 0 Å². The van der Waals surface area contributed by atoms with Crippen LogP contribution >= 0.6 is 0 Å². The Labute approximate surface area is 217 Å². The minimum absolute atomic E-state index is 0.00339. The van der Waals surface area contributed by atoms with E-state index in [2.05, 4.69) is 5.10 Å². The Morgan fingerprint density at radius 3 is 2.61 bits per heavy atom. The van der Waals surface area contributed by atoms with Crippen molar-refractivity contribution >= 4 is 23.7 Å². The van der Waals surface area contributed by atoms with Crippen LogP contribution in [0.2, 0.25) is 0 Å². The minimum atomic E-state index is -4.69. The summed E-state index contributed by atoms with van der Waals surface area (Å²) in [5, 5.41) is 4.46. The van der Waals surface area contributed by atoms with Crippen LogP contribution in [0.15, 0.2) is 47.6 Å². The van der Waals surface area contributed by atoms with Gasteiger partial charge in [0.15, 0.2) is 0 Å².